The Bertz CT molecular complexity index is 980. The predicted molar refractivity (Wildman–Crippen MR) is 140 cm³/mol. The number of nitrogen functional groups attached to an aromatic ring is 1. The molecular weight excluding hydrogens is 539 g/mol. The second kappa shape index (κ2) is 16.4. The number of nitrogens with zero attached hydrogens (tertiary/aromatic N) is 2. The van der Waals surface area contributed by atoms with Gasteiger partial charge in [-0.05, 0) is 25.3 Å². The number of rotatable bonds is 19. The molecule has 1 aromatic rings. The molecule has 2 N–H and O–H groups in total. The number of ether oxygens (including phenoxy) is 2. The van der Waals surface area contributed by atoms with Crippen LogP contribution in [0.3, 0.4) is 0 Å². The van der Waals surface area contributed by atoms with Gasteiger partial charge in [0.25, 0.3) is 0 Å². The lowest BCUT2D eigenvalue weighted by Crippen LogP contribution is -2.44. The number of esters is 1. The lowest BCUT2D eigenvalue weighted by Gasteiger charge is -2.25. The van der Waals surface area contributed by atoms with Crippen LogP contribution in [-0.2, 0) is 32.4 Å². The highest BCUT2D eigenvalue weighted by Gasteiger charge is 2.62. The van der Waals surface area contributed by atoms with Gasteiger partial charge >= 0.3 is 25.4 Å². The van der Waals surface area contributed by atoms with Crippen LogP contribution in [0.2, 0.25) is 0 Å². The van der Waals surface area contributed by atoms with E-state index in [1.807, 2.05) is 20.8 Å². The number of phosphoric ester groups is 1. The first-order valence-electron chi connectivity index (χ1n) is 13.7. The molecule has 1 fully saturated rings. The smallest absolute Gasteiger partial charge is 0.453 e. The summed E-state index contributed by atoms with van der Waals surface area (Å²) in [4.78, 5) is 28.2. The Morgan fingerprint density at radius 3 is 2.21 bits per heavy atom. The maximum absolute atomic E-state index is 15.6. The number of hydrogen-bond donors (Lipinski definition) is 1. The topological polar surface area (TPSA) is 141 Å². The number of unbranched alkanes of at least 4 members (excludes halogenated alkanes) is 6. The second-order valence-corrected chi connectivity index (χ2v) is 11.1. The minimum Gasteiger partial charge on any atom is -0.453 e. The van der Waals surface area contributed by atoms with E-state index in [4.69, 9.17) is 28.8 Å². The minimum absolute atomic E-state index is 0.0678. The van der Waals surface area contributed by atoms with Crippen LogP contribution >= 0.6 is 7.82 Å². The van der Waals surface area contributed by atoms with E-state index in [0.29, 0.717) is 23.8 Å². The van der Waals surface area contributed by atoms with Gasteiger partial charge in [-0.15, -0.1) is 0 Å². The van der Waals surface area contributed by atoms with Crippen molar-refractivity contribution >= 4 is 19.6 Å². The van der Waals surface area contributed by atoms with Gasteiger partial charge in [0.05, 0.1) is 19.8 Å². The molecule has 2 rings (SSSR count). The standard InChI is InChI=1S/C25H42F2N3O8P/c1-4-7-10-13-21(31)38-22-19(37-23(25(22,26)27)30-15-14-20(28)29-24(30)32)18-36-39(33,34-16-11-8-5-2)35-17-12-9-6-3/h14-15,19,22-23H,4-13,16-18H2,1-3H3,(H2,28,29,32)/t19-,22-,23-/m1/s1. The normalized spacial score (nSPS) is 20.8. The average Bonchev–Trinajstić information content (AvgIpc) is 3.13. The number of nitrogens with two attached hydrogens (primary N) is 1. The predicted octanol–water partition coefficient (Wildman–Crippen LogP) is 5.39. The molecular formula is C25H42F2N3O8P. The van der Waals surface area contributed by atoms with Gasteiger partial charge < -0.3 is 15.2 Å². The van der Waals surface area contributed by atoms with Crippen LogP contribution < -0.4 is 11.4 Å². The van der Waals surface area contributed by atoms with E-state index >= 15 is 8.78 Å². The second-order valence-electron chi connectivity index (χ2n) is 9.43. The van der Waals surface area contributed by atoms with Crippen LogP contribution in [0.4, 0.5) is 14.6 Å². The Balaban J connectivity index is 2.25. The van der Waals surface area contributed by atoms with Gasteiger partial charge in [-0.2, -0.15) is 13.8 Å². The van der Waals surface area contributed by atoms with Crippen LogP contribution in [0.25, 0.3) is 0 Å². The Morgan fingerprint density at radius 2 is 1.64 bits per heavy atom. The lowest BCUT2D eigenvalue weighted by molar-refractivity contribution is -0.176. The van der Waals surface area contributed by atoms with Gasteiger partial charge in [0.15, 0.2) is 6.10 Å². The number of hydrogen-bond acceptors (Lipinski definition) is 10. The summed E-state index contributed by atoms with van der Waals surface area (Å²) in [6.45, 7) is 5.41. The first-order chi connectivity index (χ1) is 18.6. The van der Waals surface area contributed by atoms with Crippen molar-refractivity contribution in [1.29, 1.82) is 0 Å². The third-order valence-corrected chi connectivity index (χ3v) is 7.55. The molecule has 1 aliphatic rings. The van der Waals surface area contributed by atoms with Crippen molar-refractivity contribution in [1.82, 2.24) is 9.55 Å². The molecule has 0 saturated carbocycles. The third kappa shape index (κ3) is 10.2. The fourth-order valence-corrected chi connectivity index (χ4v) is 5.16. The molecule has 0 spiro atoms. The maximum Gasteiger partial charge on any atom is 0.474 e. The molecule has 0 unspecified atom stereocenters. The largest absolute Gasteiger partial charge is 0.474 e. The Morgan fingerprint density at radius 1 is 1.05 bits per heavy atom. The first kappa shape index (κ1) is 33.3. The summed E-state index contributed by atoms with van der Waals surface area (Å²) in [5.41, 5.74) is 4.41. The number of halogens is 2. The SMILES string of the molecule is CCCCCOP(=O)(OCCCCC)OC[C@H]1O[C@@H](n2ccc(N)nc2=O)C(F)(F)[C@@H]1OC(=O)CCCCC. The molecule has 0 bridgehead atoms. The van der Waals surface area contributed by atoms with Gasteiger partial charge in [0, 0.05) is 12.6 Å². The summed E-state index contributed by atoms with van der Waals surface area (Å²) in [5.74, 6) is -4.86. The summed E-state index contributed by atoms with van der Waals surface area (Å²) in [7, 11) is -4.15. The zero-order chi connectivity index (χ0) is 28.9. The maximum atomic E-state index is 15.6. The van der Waals surface area contributed by atoms with Crippen molar-refractivity contribution in [2.75, 3.05) is 25.6 Å². The minimum atomic E-state index is -4.15. The number of anilines is 1. The number of carbonyl (C=O) groups excluding carboxylic acids is 1. The zero-order valence-corrected chi connectivity index (χ0v) is 23.9. The van der Waals surface area contributed by atoms with Crippen LogP contribution in [0, 0.1) is 0 Å². The molecule has 0 amide bonds. The van der Waals surface area contributed by atoms with Gasteiger partial charge in [0.1, 0.15) is 11.9 Å². The van der Waals surface area contributed by atoms with E-state index in [-0.39, 0.29) is 25.5 Å². The van der Waals surface area contributed by atoms with E-state index in [0.717, 1.165) is 44.7 Å². The fraction of sp³-hybridized carbons (Fsp3) is 0.800. The molecule has 11 nitrogen and oxygen atoms in total. The van der Waals surface area contributed by atoms with Crippen LogP contribution in [0.5, 0.6) is 0 Å². The van der Waals surface area contributed by atoms with E-state index in [1.54, 1.807) is 0 Å². The highest BCUT2D eigenvalue weighted by molar-refractivity contribution is 7.48. The first-order valence-corrected chi connectivity index (χ1v) is 15.1. The molecule has 224 valence electrons. The van der Waals surface area contributed by atoms with Gasteiger partial charge in [-0.3, -0.25) is 22.9 Å². The molecule has 0 aliphatic carbocycles. The highest BCUT2D eigenvalue weighted by Crippen LogP contribution is 2.52. The molecule has 1 saturated heterocycles. The Kier molecular flexibility index (Phi) is 14.0. The fourth-order valence-electron chi connectivity index (χ4n) is 3.91. The average molecular weight is 582 g/mol. The number of alkyl halides is 2. The zero-order valence-electron chi connectivity index (χ0n) is 23.0. The molecule has 0 aromatic carbocycles. The van der Waals surface area contributed by atoms with Gasteiger partial charge in [0.2, 0.25) is 6.23 Å². The van der Waals surface area contributed by atoms with Crippen LogP contribution in [0.1, 0.15) is 91.2 Å². The lowest BCUT2D eigenvalue weighted by atomic mass is 10.1. The van der Waals surface area contributed by atoms with Crippen molar-refractivity contribution < 1.29 is 41.2 Å². The molecule has 39 heavy (non-hydrogen) atoms. The van der Waals surface area contributed by atoms with Gasteiger partial charge in [-0.25, -0.2) is 9.36 Å². The summed E-state index contributed by atoms with van der Waals surface area (Å²) in [6.07, 6.45) is 1.76. The quantitative estimate of drug-likeness (QED) is 0.128. The van der Waals surface area contributed by atoms with Crippen molar-refractivity contribution in [3.8, 4) is 0 Å². The number of phosphoric acid groups is 1. The Hall–Kier alpha value is -1.92. The molecule has 14 heteroatoms. The van der Waals surface area contributed by atoms with E-state index in [1.165, 1.54) is 6.07 Å². The monoisotopic (exact) mass is 581 g/mol. The van der Waals surface area contributed by atoms with Crippen molar-refractivity contribution in [2.24, 2.45) is 0 Å². The third-order valence-electron chi connectivity index (χ3n) is 6.09. The summed E-state index contributed by atoms with van der Waals surface area (Å²) in [5, 5.41) is 0. The highest BCUT2D eigenvalue weighted by atomic mass is 31.2. The number of aromatic nitrogens is 2. The molecule has 1 aliphatic heterocycles. The number of carbonyl (C=O) groups is 1. The van der Waals surface area contributed by atoms with Crippen molar-refractivity contribution in [2.45, 2.75) is 109 Å². The van der Waals surface area contributed by atoms with Gasteiger partial charge in [-0.1, -0.05) is 59.3 Å². The van der Waals surface area contributed by atoms with E-state index in [2.05, 4.69) is 4.98 Å². The van der Waals surface area contributed by atoms with E-state index in [9.17, 15) is 14.2 Å². The van der Waals surface area contributed by atoms with Crippen LogP contribution in [0.15, 0.2) is 17.1 Å². The summed E-state index contributed by atoms with van der Waals surface area (Å²) in [6, 6.07) is 1.17. The molecule has 0 radical (unpaired) electrons. The van der Waals surface area contributed by atoms with Crippen LogP contribution in [-0.4, -0.2) is 53.5 Å². The van der Waals surface area contributed by atoms with E-state index < -0.39 is 50.4 Å². The van der Waals surface area contributed by atoms with Crippen molar-refractivity contribution in [3.63, 3.8) is 0 Å². The molecule has 3 atom stereocenters. The molecule has 2 heterocycles. The summed E-state index contributed by atoms with van der Waals surface area (Å²) < 4.78 is 72.1. The van der Waals surface area contributed by atoms with Crippen molar-refractivity contribution in [3.05, 3.63) is 22.7 Å². The Labute approximate surface area is 228 Å². The molecule has 1 aromatic heterocycles. The summed E-state index contributed by atoms with van der Waals surface area (Å²) >= 11 is 0.